The molecule has 7 nitrogen and oxygen atoms in total. The zero-order valence-electron chi connectivity index (χ0n) is 13.7. The highest BCUT2D eigenvalue weighted by molar-refractivity contribution is 7.99. The van der Waals surface area contributed by atoms with E-state index >= 15 is 0 Å². The fourth-order valence-corrected chi connectivity index (χ4v) is 2.74. The molecule has 0 aliphatic carbocycles. The number of hydrogen-bond acceptors (Lipinski definition) is 6. The molecule has 0 bridgehead atoms. The van der Waals surface area contributed by atoms with Crippen molar-refractivity contribution < 1.29 is 9.21 Å². The molecule has 0 saturated carbocycles. The number of carbonyl (C=O) groups excluding carboxylic acids is 1. The molecule has 0 aromatic carbocycles. The topological polar surface area (TPSA) is 85.8 Å². The van der Waals surface area contributed by atoms with Gasteiger partial charge < -0.3 is 9.73 Å². The van der Waals surface area contributed by atoms with Crippen molar-refractivity contribution >= 4 is 17.7 Å². The van der Waals surface area contributed by atoms with Gasteiger partial charge in [0, 0.05) is 6.04 Å². The summed E-state index contributed by atoms with van der Waals surface area (Å²) in [5.41, 5.74) is 0. The van der Waals surface area contributed by atoms with Gasteiger partial charge in [-0.1, -0.05) is 25.6 Å². The molecule has 2 aromatic rings. The average molecular weight is 337 g/mol. The molecule has 23 heavy (non-hydrogen) atoms. The molecule has 2 rings (SSSR count). The first-order valence-electron chi connectivity index (χ1n) is 7.75. The van der Waals surface area contributed by atoms with Gasteiger partial charge in [0.2, 0.25) is 11.1 Å². The van der Waals surface area contributed by atoms with Crippen LogP contribution in [0.3, 0.4) is 0 Å². The maximum Gasteiger partial charge on any atom is 0.230 e. The van der Waals surface area contributed by atoms with Gasteiger partial charge in [-0.3, -0.25) is 4.79 Å². The Bertz CT molecular complexity index is 597. The van der Waals surface area contributed by atoms with Gasteiger partial charge in [-0.15, -0.1) is 5.10 Å². The monoisotopic (exact) mass is 337 g/mol. The average Bonchev–Trinajstić information content (AvgIpc) is 3.15. The van der Waals surface area contributed by atoms with E-state index in [2.05, 4.69) is 34.7 Å². The van der Waals surface area contributed by atoms with Crippen molar-refractivity contribution in [2.45, 2.75) is 51.4 Å². The summed E-state index contributed by atoms with van der Waals surface area (Å²) in [6, 6.07) is 3.86. The van der Waals surface area contributed by atoms with Crippen LogP contribution in [0.5, 0.6) is 0 Å². The lowest BCUT2D eigenvalue weighted by Gasteiger charge is -2.14. The van der Waals surface area contributed by atoms with E-state index in [0.717, 1.165) is 18.6 Å². The third kappa shape index (κ3) is 6.05. The van der Waals surface area contributed by atoms with Crippen molar-refractivity contribution in [1.29, 1.82) is 0 Å². The lowest BCUT2D eigenvalue weighted by molar-refractivity contribution is -0.119. The second-order valence-electron chi connectivity index (χ2n) is 5.93. The lowest BCUT2D eigenvalue weighted by Crippen LogP contribution is -2.34. The van der Waals surface area contributed by atoms with Crippen LogP contribution >= 0.6 is 11.8 Å². The first kappa shape index (κ1) is 17.5. The van der Waals surface area contributed by atoms with Crippen molar-refractivity contribution in [1.82, 2.24) is 25.5 Å². The molecule has 0 fully saturated rings. The summed E-state index contributed by atoms with van der Waals surface area (Å²) in [5, 5.41) is 15.1. The molecular weight excluding hydrogens is 314 g/mol. The highest BCUT2D eigenvalue weighted by Crippen LogP contribution is 2.15. The minimum Gasteiger partial charge on any atom is -0.467 e. The van der Waals surface area contributed by atoms with Crippen LogP contribution in [-0.2, 0) is 11.3 Å². The van der Waals surface area contributed by atoms with E-state index < -0.39 is 0 Å². The Morgan fingerprint density at radius 1 is 1.39 bits per heavy atom. The molecule has 1 N–H and O–H groups in total. The van der Waals surface area contributed by atoms with Crippen LogP contribution in [0.1, 0.15) is 39.4 Å². The maximum atomic E-state index is 12.0. The van der Waals surface area contributed by atoms with E-state index in [1.165, 1.54) is 11.8 Å². The van der Waals surface area contributed by atoms with Crippen molar-refractivity contribution in [2.24, 2.45) is 5.92 Å². The summed E-state index contributed by atoms with van der Waals surface area (Å²) in [5.74, 6) is 1.71. The van der Waals surface area contributed by atoms with Gasteiger partial charge >= 0.3 is 0 Å². The molecular formula is C15H23N5O2S. The molecule has 0 aliphatic heterocycles. The van der Waals surface area contributed by atoms with E-state index in [-0.39, 0.29) is 11.9 Å². The van der Waals surface area contributed by atoms with E-state index in [4.69, 9.17) is 4.42 Å². The standard InChI is InChI=1S/C15H23N5O2S/c1-11(2)6-7-12(3)16-14(21)10-23-15-17-18-19-20(15)9-13-5-4-8-22-13/h4-5,8,11-12H,6-7,9-10H2,1-3H3,(H,16,21). The van der Waals surface area contributed by atoms with Crippen molar-refractivity contribution in [3.8, 4) is 0 Å². The van der Waals surface area contributed by atoms with E-state index in [0.29, 0.717) is 23.4 Å². The second-order valence-corrected chi connectivity index (χ2v) is 6.87. The SMILES string of the molecule is CC(C)CCC(C)NC(=O)CSc1nnnn1Cc1ccco1. The van der Waals surface area contributed by atoms with Gasteiger partial charge in [-0.2, -0.15) is 0 Å². The third-order valence-electron chi connectivity index (χ3n) is 3.30. The zero-order chi connectivity index (χ0) is 16.7. The molecule has 1 amide bonds. The van der Waals surface area contributed by atoms with Gasteiger partial charge in [0.25, 0.3) is 0 Å². The molecule has 0 spiro atoms. The predicted octanol–water partition coefficient (Wildman–Crippen LogP) is 2.35. The molecule has 1 atom stereocenters. The van der Waals surface area contributed by atoms with E-state index in [1.807, 2.05) is 19.1 Å². The number of nitrogens with one attached hydrogen (secondary N) is 1. The number of hydrogen-bond donors (Lipinski definition) is 1. The number of aromatic nitrogens is 4. The van der Waals surface area contributed by atoms with Gasteiger partial charge in [-0.05, 0) is 48.2 Å². The minimum absolute atomic E-state index is 0.00111. The zero-order valence-corrected chi connectivity index (χ0v) is 14.5. The Morgan fingerprint density at radius 3 is 2.91 bits per heavy atom. The van der Waals surface area contributed by atoms with Gasteiger partial charge in [0.15, 0.2) is 0 Å². The summed E-state index contributed by atoms with van der Waals surface area (Å²) < 4.78 is 6.91. The predicted molar refractivity (Wildman–Crippen MR) is 88.0 cm³/mol. The summed E-state index contributed by atoms with van der Waals surface area (Å²) >= 11 is 1.32. The largest absolute Gasteiger partial charge is 0.467 e. The molecule has 2 aromatic heterocycles. The first-order chi connectivity index (χ1) is 11.0. The summed E-state index contributed by atoms with van der Waals surface area (Å²) in [6.45, 7) is 6.85. The maximum absolute atomic E-state index is 12.0. The van der Waals surface area contributed by atoms with Crippen molar-refractivity contribution in [3.63, 3.8) is 0 Å². The molecule has 2 heterocycles. The van der Waals surface area contributed by atoms with Crippen LogP contribution < -0.4 is 5.32 Å². The molecule has 0 aliphatic rings. The number of amides is 1. The quantitative estimate of drug-likeness (QED) is 0.707. The normalized spacial score (nSPS) is 12.5. The third-order valence-corrected chi connectivity index (χ3v) is 4.26. The smallest absolute Gasteiger partial charge is 0.230 e. The number of rotatable bonds is 9. The van der Waals surface area contributed by atoms with E-state index in [9.17, 15) is 4.79 Å². The van der Waals surface area contributed by atoms with Gasteiger partial charge in [0.1, 0.15) is 12.3 Å². The number of nitrogens with zero attached hydrogens (tertiary/aromatic N) is 4. The first-order valence-corrected chi connectivity index (χ1v) is 8.74. The van der Waals surface area contributed by atoms with Crippen molar-refractivity contribution in [2.75, 3.05) is 5.75 Å². The van der Waals surface area contributed by atoms with E-state index in [1.54, 1.807) is 10.9 Å². The Hall–Kier alpha value is -1.83. The Kier molecular flexibility index (Phi) is 6.64. The molecule has 8 heteroatoms. The van der Waals surface area contributed by atoms with Crippen LogP contribution in [-0.4, -0.2) is 37.9 Å². The summed E-state index contributed by atoms with van der Waals surface area (Å²) in [4.78, 5) is 12.0. The van der Waals surface area contributed by atoms with Crippen LogP contribution in [0.15, 0.2) is 28.0 Å². The van der Waals surface area contributed by atoms with Crippen molar-refractivity contribution in [3.05, 3.63) is 24.2 Å². The fraction of sp³-hybridized carbons (Fsp3) is 0.600. The fourth-order valence-electron chi connectivity index (χ4n) is 2.05. The highest BCUT2D eigenvalue weighted by atomic mass is 32.2. The molecule has 1 unspecified atom stereocenters. The number of furan rings is 1. The van der Waals surface area contributed by atoms with Crippen LogP contribution in [0, 0.1) is 5.92 Å². The van der Waals surface area contributed by atoms with Gasteiger partial charge in [0.05, 0.1) is 12.0 Å². The van der Waals surface area contributed by atoms with Gasteiger partial charge in [-0.25, -0.2) is 4.68 Å². The Morgan fingerprint density at radius 2 is 2.22 bits per heavy atom. The van der Waals surface area contributed by atoms with Crippen LogP contribution in [0.25, 0.3) is 0 Å². The summed E-state index contributed by atoms with van der Waals surface area (Å²) in [7, 11) is 0. The second kappa shape index (κ2) is 8.71. The van der Waals surface area contributed by atoms with Crippen LogP contribution in [0.2, 0.25) is 0 Å². The summed E-state index contributed by atoms with van der Waals surface area (Å²) in [6.07, 6.45) is 3.71. The van der Waals surface area contributed by atoms with Crippen LogP contribution in [0.4, 0.5) is 0 Å². The highest BCUT2D eigenvalue weighted by Gasteiger charge is 2.13. The Labute approximate surface area is 140 Å². The molecule has 0 saturated heterocycles. The number of thioether (sulfide) groups is 1. The lowest BCUT2D eigenvalue weighted by atomic mass is 10.0. The number of carbonyl (C=O) groups is 1. The number of tetrazole rings is 1. The molecule has 126 valence electrons. The Balaban J connectivity index is 1.77. The minimum atomic E-state index is -0.00111. The molecule has 0 radical (unpaired) electrons.